The first-order valence-corrected chi connectivity index (χ1v) is 4.26. The molecule has 1 radical (unpaired) electrons. The Morgan fingerprint density at radius 1 is 1.36 bits per heavy atom. The first-order valence-electron chi connectivity index (χ1n) is 4.26. The quantitative estimate of drug-likeness (QED) is 0.412. The lowest BCUT2D eigenvalue weighted by Crippen LogP contribution is -1.85. The summed E-state index contributed by atoms with van der Waals surface area (Å²) in [6, 6.07) is 0. The van der Waals surface area contributed by atoms with Crippen LogP contribution in [0, 0.1) is 0 Å². The minimum atomic E-state index is 0.0132. The molecule has 2 heteroatoms. The molecule has 0 aromatic heterocycles. The van der Waals surface area contributed by atoms with E-state index in [1.807, 2.05) is 6.08 Å². The van der Waals surface area contributed by atoms with Gasteiger partial charge in [-0.3, -0.25) is 0 Å². The van der Waals surface area contributed by atoms with Crippen molar-refractivity contribution in [1.82, 2.24) is 0 Å². The molecule has 0 atom stereocenters. The van der Waals surface area contributed by atoms with E-state index in [4.69, 9.17) is 4.74 Å². The topological polar surface area (TPSA) is 29.1 Å². The lowest BCUT2D eigenvalue weighted by atomic mass is 10.3. The van der Waals surface area contributed by atoms with Crippen molar-refractivity contribution in [3.63, 3.8) is 0 Å². The Labute approximate surface area is 68.9 Å². The Balaban J connectivity index is 2.91. The molecule has 0 aliphatic heterocycles. The maximum absolute atomic E-state index is 9.99. The fraction of sp³-hybridized carbons (Fsp3) is 0.778. The summed E-state index contributed by atoms with van der Waals surface area (Å²) in [5.74, 6) is 0. The predicted molar refractivity (Wildman–Crippen MR) is 44.8 cm³/mol. The lowest BCUT2D eigenvalue weighted by Gasteiger charge is -1.96. The summed E-state index contributed by atoms with van der Waals surface area (Å²) >= 11 is 0. The molecule has 0 heterocycles. The van der Waals surface area contributed by atoms with Crippen LogP contribution in [0.5, 0.6) is 0 Å². The van der Waals surface area contributed by atoms with E-state index < -0.39 is 0 Å². The first kappa shape index (κ1) is 10.5. The van der Waals surface area contributed by atoms with Crippen LogP contribution in [0.1, 0.15) is 32.6 Å². The average molecular weight is 157 g/mol. The summed E-state index contributed by atoms with van der Waals surface area (Å²) in [7, 11) is 0. The highest BCUT2D eigenvalue weighted by Crippen LogP contribution is 1.92. The van der Waals surface area contributed by atoms with Gasteiger partial charge in [0.1, 0.15) is 0 Å². The number of unbranched alkanes of at least 4 members (excludes halogenated alkanes) is 2. The summed E-state index contributed by atoms with van der Waals surface area (Å²) in [6.07, 6.45) is 7.43. The van der Waals surface area contributed by atoms with Crippen LogP contribution in [0.25, 0.3) is 0 Å². The Hall–Kier alpha value is -0.500. The van der Waals surface area contributed by atoms with Gasteiger partial charge in [-0.25, -0.2) is 5.11 Å². The molecule has 0 unspecified atom stereocenters. The summed E-state index contributed by atoms with van der Waals surface area (Å²) in [5, 5.41) is 9.99. The SMILES string of the molecule is CCCCOC=CCCC[O]. The van der Waals surface area contributed by atoms with Gasteiger partial charge in [0.25, 0.3) is 0 Å². The highest BCUT2D eigenvalue weighted by Gasteiger charge is 1.81. The molecule has 0 saturated carbocycles. The van der Waals surface area contributed by atoms with Gasteiger partial charge in [-0.05, 0) is 25.3 Å². The molecule has 0 N–H and O–H groups in total. The fourth-order valence-corrected chi connectivity index (χ4v) is 0.633. The van der Waals surface area contributed by atoms with Crippen molar-refractivity contribution in [3.05, 3.63) is 12.3 Å². The second kappa shape index (κ2) is 9.50. The van der Waals surface area contributed by atoms with Crippen LogP contribution in [0.15, 0.2) is 12.3 Å². The van der Waals surface area contributed by atoms with Crippen LogP contribution in [0.3, 0.4) is 0 Å². The minimum Gasteiger partial charge on any atom is -0.502 e. The van der Waals surface area contributed by atoms with Crippen LogP contribution < -0.4 is 0 Å². The van der Waals surface area contributed by atoms with Crippen molar-refractivity contribution in [2.24, 2.45) is 0 Å². The number of allylic oxidation sites excluding steroid dienone is 1. The number of hydrogen-bond donors (Lipinski definition) is 0. The van der Waals surface area contributed by atoms with E-state index in [0.717, 1.165) is 25.9 Å². The largest absolute Gasteiger partial charge is 0.502 e. The molecule has 0 aliphatic carbocycles. The smallest absolute Gasteiger partial charge is 0.0873 e. The number of hydrogen-bond acceptors (Lipinski definition) is 1. The second-order valence-electron chi connectivity index (χ2n) is 2.44. The number of ether oxygens (including phenoxy) is 1. The van der Waals surface area contributed by atoms with Crippen LogP contribution in [0.4, 0.5) is 0 Å². The van der Waals surface area contributed by atoms with E-state index >= 15 is 0 Å². The second-order valence-corrected chi connectivity index (χ2v) is 2.44. The van der Waals surface area contributed by atoms with Gasteiger partial charge in [-0.1, -0.05) is 13.3 Å². The summed E-state index contributed by atoms with van der Waals surface area (Å²) in [6.45, 7) is 2.94. The summed E-state index contributed by atoms with van der Waals surface area (Å²) in [4.78, 5) is 0. The third-order valence-corrected chi connectivity index (χ3v) is 1.32. The Bertz CT molecular complexity index is 89.6. The predicted octanol–water partition coefficient (Wildman–Crippen LogP) is 2.53. The average Bonchev–Trinajstić information content (AvgIpc) is 2.03. The van der Waals surface area contributed by atoms with Crippen molar-refractivity contribution in [2.45, 2.75) is 32.6 Å². The van der Waals surface area contributed by atoms with Crippen LogP contribution in [0.2, 0.25) is 0 Å². The van der Waals surface area contributed by atoms with E-state index in [-0.39, 0.29) is 6.61 Å². The molecule has 0 saturated heterocycles. The van der Waals surface area contributed by atoms with Gasteiger partial charge in [0.15, 0.2) is 0 Å². The van der Waals surface area contributed by atoms with E-state index in [9.17, 15) is 5.11 Å². The van der Waals surface area contributed by atoms with Crippen molar-refractivity contribution < 1.29 is 9.84 Å². The molecule has 0 spiro atoms. The van der Waals surface area contributed by atoms with Crippen LogP contribution in [-0.2, 0) is 9.84 Å². The maximum atomic E-state index is 9.99. The van der Waals surface area contributed by atoms with E-state index in [1.54, 1.807) is 6.26 Å². The third kappa shape index (κ3) is 9.50. The Morgan fingerprint density at radius 2 is 2.18 bits per heavy atom. The number of rotatable bonds is 7. The van der Waals surface area contributed by atoms with Gasteiger partial charge in [-0.15, -0.1) is 0 Å². The molecule has 0 amide bonds. The normalized spacial score (nSPS) is 10.7. The maximum Gasteiger partial charge on any atom is 0.0873 e. The molecule has 0 aliphatic rings. The third-order valence-electron chi connectivity index (χ3n) is 1.32. The molecular weight excluding hydrogens is 140 g/mol. The van der Waals surface area contributed by atoms with Gasteiger partial charge in [0.2, 0.25) is 0 Å². The van der Waals surface area contributed by atoms with Crippen molar-refractivity contribution in [1.29, 1.82) is 0 Å². The standard InChI is InChI=1S/C9H17O2/c1-2-3-8-11-9-6-4-5-7-10/h6,9H,2-5,7-8H2,1H3. The molecule has 2 nitrogen and oxygen atoms in total. The zero-order chi connectivity index (χ0) is 8.36. The van der Waals surface area contributed by atoms with E-state index in [2.05, 4.69) is 6.92 Å². The highest BCUT2D eigenvalue weighted by atomic mass is 16.5. The van der Waals surface area contributed by atoms with Crippen molar-refractivity contribution in [3.8, 4) is 0 Å². The van der Waals surface area contributed by atoms with E-state index in [0.29, 0.717) is 6.42 Å². The first-order chi connectivity index (χ1) is 5.41. The van der Waals surface area contributed by atoms with E-state index in [1.165, 1.54) is 0 Å². The Morgan fingerprint density at radius 3 is 2.82 bits per heavy atom. The monoisotopic (exact) mass is 157 g/mol. The minimum absolute atomic E-state index is 0.0132. The van der Waals surface area contributed by atoms with Crippen molar-refractivity contribution >= 4 is 0 Å². The van der Waals surface area contributed by atoms with Crippen LogP contribution in [-0.4, -0.2) is 13.2 Å². The molecule has 0 bridgehead atoms. The molecule has 0 aromatic carbocycles. The summed E-state index contributed by atoms with van der Waals surface area (Å²) in [5.41, 5.74) is 0. The van der Waals surface area contributed by atoms with Gasteiger partial charge in [0, 0.05) is 0 Å². The molecule has 11 heavy (non-hydrogen) atoms. The fourth-order valence-electron chi connectivity index (χ4n) is 0.633. The van der Waals surface area contributed by atoms with Crippen LogP contribution >= 0.6 is 0 Å². The zero-order valence-electron chi connectivity index (χ0n) is 7.21. The molecule has 0 rings (SSSR count). The van der Waals surface area contributed by atoms with Gasteiger partial charge >= 0.3 is 0 Å². The van der Waals surface area contributed by atoms with Crippen molar-refractivity contribution in [2.75, 3.05) is 13.2 Å². The zero-order valence-corrected chi connectivity index (χ0v) is 7.21. The van der Waals surface area contributed by atoms with Gasteiger partial charge < -0.3 is 4.74 Å². The van der Waals surface area contributed by atoms with Gasteiger partial charge in [0.05, 0.1) is 19.5 Å². The molecular formula is C9H17O2. The molecule has 65 valence electrons. The highest BCUT2D eigenvalue weighted by molar-refractivity contribution is 4.72. The molecule has 0 aromatic rings. The van der Waals surface area contributed by atoms with Gasteiger partial charge in [-0.2, -0.15) is 0 Å². The lowest BCUT2D eigenvalue weighted by molar-refractivity contribution is 0.189. The Kier molecular flexibility index (Phi) is 9.07. The molecule has 0 fully saturated rings. The summed E-state index contributed by atoms with van der Waals surface area (Å²) < 4.78 is 5.14.